The van der Waals surface area contributed by atoms with Crippen molar-refractivity contribution in [2.24, 2.45) is 0 Å². The predicted molar refractivity (Wildman–Crippen MR) is 76.3 cm³/mol. The zero-order chi connectivity index (χ0) is 14.7. The van der Waals surface area contributed by atoms with E-state index in [9.17, 15) is 14.5 Å². The highest BCUT2D eigenvalue weighted by molar-refractivity contribution is 9.10. The monoisotopic (exact) mass is 339 g/mol. The zero-order valence-corrected chi connectivity index (χ0v) is 12.2. The van der Waals surface area contributed by atoms with Crippen LogP contribution in [0.2, 0.25) is 0 Å². The van der Waals surface area contributed by atoms with Gasteiger partial charge in [-0.2, -0.15) is 0 Å². The van der Waals surface area contributed by atoms with Gasteiger partial charge >= 0.3 is 0 Å². The number of ether oxygens (including phenoxy) is 1. The summed E-state index contributed by atoms with van der Waals surface area (Å²) in [6, 6.07) is 9.00. The average Bonchev–Trinajstić information content (AvgIpc) is 2.41. The van der Waals surface area contributed by atoms with Crippen LogP contribution in [0, 0.1) is 22.9 Å². The van der Waals surface area contributed by atoms with Crippen molar-refractivity contribution >= 4 is 21.6 Å². The highest BCUT2D eigenvalue weighted by atomic mass is 79.9. The molecule has 0 heterocycles. The van der Waals surface area contributed by atoms with Gasteiger partial charge in [-0.1, -0.05) is 12.1 Å². The molecule has 0 atom stereocenters. The Labute approximate surface area is 123 Å². The smallest absolute Gasteiger partial charge is 0.283 e. The molecule has 0 radical (unpaired) electrons. The minimum absolute atomic E-state index is 0.0259. The van der Waals surface area contributed by atoms with E-state index in [-0.39, 0.29) is 18.1 Å². The lowest BCUT2D eigenvalue weighted by Gasteiger charge is -2.09. The highest BCUT2D eigenvalue weighted by Gasteiger charge is 2.12. The fraction of sp³-hybridized carbons (Fsp3) is 0.143. The van der Waals surface area contributed by atoms with Crippen LogP contribution in [0.4, 0.5) is 10.1 Å². The quantitative estimate of drug-likeness (QED) is 0.613. The van der Waals surface area contributed by atoms with Gasteiger partial charge in [0.15, 0.2) is 0 Å². The first-order valence-electron chi connectivity index (χ1n) is 5.79. The molecule has 2 aromatic rings. The summed E-state index contributed by atoms with van der Waals surface area (Å²) in [5, 5.41) is 10.8. The lowest BCUT2D eigenvalue weighted by atomic mass is 10.2. The van der Waals surface area contributed by atoms with Crippen molar-refractivity contribution in [1.29, 1.82) is 0 Å². The number of hydrogen-bond acceptors (Lipinski definition) is 3. The van der Waals surface area contributed by atoms with Gasteiger partial charge in [0.1, 0.15) is 18.2 Å². The Morgan fingerprint density at radius 3 is 2.75 bits per heavy atom. The van der Waals surface area contributed by atoms with Crippen LogP contribution in [-0.4, -0.2) is 4.92 Å². The summed E-state index contributed by atoms with van der Waals surface area (Å²) < 4.78 is 19.0. The molecule has 0 N–H and O–H groups in total. The molecule has 2 rings (SSSR count). The molecule has 0 amide bonds. The first-order chi connectivity index (χ1) is 9.47. The molecule has 0 saturated heterocycles. The van der Waals surface area contributed by atoms with Crippen LogP contribution in [0.3, 0.4) is 0 Å². The fourth-order valence-electron chi connectivity index (χ4n) is 1.68. The van der Waals surface area contributed by atoms with E-state index >= 15 is 0 Å². The molecule has 0 fully saturated rings. The van der Waals surface area contributed by atoms with Gasteiger partial charge < -0.3 is 4.74 Å². The molecule has 20 heavy (non-hydrogen) atoms. The summed E-state index contributed by atoms with van der Waals surface area (Å²) in [5.41, 5.74) is 1.42. The Bertz CT molecular complexity index is 661. The maximum absolute atomic E-state index is 13.1. The summed E-state index contributed by atoms with van der Waals surface area (Å²) >= 11 is 3.12. The third kappa shape index (κ3) is 3.33. The van der Waals surface area contributed by atoms with Gasteiger partial charge in [-0.3, -0.25) is 10.1 Å². The SMILES string of the molecule is Cc1ccc(F)cc1OCc1ccc(Br)c([N+](=O)[O-])c1. The predicted octanol–water partition coefficient (Wildman–Crippen LogP) is 4.38. The Kier molecular flexibility index (Phi) is 4.34. The first-order valence-corrected chi connectivity index (χ1v) is 6.58. The standard InChI is InChI=1S/C14H11BrFNO3/c1-9-2-4-11(16)7-14(9)20-8-10-3-5-12(15)13(6-10)17(18)19/h2-7H,8H2,1H3. The van der Waals surface area contributed by atoms with Gasteiger partial charge in [0.2, 0.25) is 0 Å². The Morgan fingerprint density at radius 2 is 2.05 bits per heavy atom. The number of hydrogen-bond donors (Lipinski definition) is 0. The fourth-order valence-corrected chi connectivity index (χ4v) is 2.07. The van der Waals surface area contributed by atoms with Crippen molar-refractivity contribution in [3.63, 3.8) is 0 Å². The molecule has 0 spiro atoms. The van der Waals surface area contributed by atoms with Crippen LogP contribution in [-0.2, 0) is 6.61 Å². The van der Waals surface area contributed by atoms with E-state index in [1.54, 1.807) is 25.1 Å². The van der Waals surface area contributed by atoms with Gasteiger partial charge in [-0.25, -0.2) is 4.39 Å². The molecular weight excluding hydrogens is 329 g/mol. The maximum atomic E-state index is 13.1. The third-order valence-corrected chi connectivity index (χ3v) is 3.42. The van der Waals surface area contributed by atoms with Crippen LogP contribution in [0.15, 0.2) is 40.9 Å². The van der Waals surface area contributed by atoms with E-state index in [0.717, 1.165) is 5.56 Å². The second-order valence-corrected chi connectivity index (χ2v) is 5.10. The van der Waals surface area contributed by atoms with Crippen LogP contribution in [0.1, 0.15) is 11.1 Å². The molecule has 0 aromatic heterocycles. The molecule has 6 heteroatoms. The topological polar surface area (TPSA) is 52.4 Å². The molecule has 0 aliphatic heterocycles. The molecule has 4 nitrogen and oxygen atoms in total. The number of nitro groups is 1. The summed E-state index contributed by atoms with van der Waals surface area (Å²) in [7, 11) is 0. The number of benzene rings is 2. The van der Waals surface area contributed by atoms with Gasteiger partial charge in [-0.15, -0.1) is 0 Å². The van der Waals surface area contributed by atoms with Crippen LogP contribution >= 0.6 is 15.9 Å². The second-order valence-electron chi connectivity index (χ2n) is 4.24. The number of halogens is 2. The van der Waals surface area contributed by atoms with E-state index in [1.165, 1.54) is 18.2 Å². The van der Waals surface area contributed by atoms with Gasteiger partial charge in [0.25, 0.3) is 5.69 Å². The molecule has 104 valence electrons. The van der Waals surface area contributed by atoms with Crippen molar-refractivity contribution in [2.75, 3.05) is 0 Å². The number of aryl methyl sites for hydroxylation is 1. The van der Waals surface area contributed by atoms with Gasteiger partial charge in [0.05, 0.1) is 9.40 Å². The second kappa shape index (κ2) is 6.00. The van der Waals surface area contributed by atoms with E-state index in [0.29, 0.717) is 15.8 Å². The Hall–Kier alpha value is -1.95. The van der Waals surface area contributed by atoms with E-state index in [4.69, 9.17) is 4.74 Å². The van der Waals surface area contributed by atoms with E-state index < -0.39 is 4.92 Å². The highest BCUT2D eigenvalue weighted by Crippen LogP contribution is 2.27. The number of nitrogens with zero attached hydrogens (tertiary/aromatic N) is 1. The first kappa shape index (κ1) is 14.5. The van der Waals surface area contributed by atoms with Crippen molar-refractivity contribution in [3.8, 4) is 5.75 Å². The third-order valence-electron chi connectivity index (χ3n) is 2.75. The minimum Gasteiger partial charge on any atom is -0.489 e. The normalized spacial score (nSPS) is 10.3. The molecule has 0 saturated carbocycles. The molecule has 0 bridgehead atoms. The summed E-state index contributed by atoms with van der Waals surface area (Å²) in [4.78, 5) is 10.4. The number of nitro benzene ring substituents is 1. The minimum atomic E-state index is -0.471. The molecule has 0 aliphatic rings. The zero-order valence-electron chi connectivity index (χ0n) is 10.6. The summed E-state index contributed by atoms with van der Waals surface area (Å²) in [5.74, 6) is 0.0444. The van der Waals surface area contributed by atoms with E-state index in [2.05, 4.69) is 15.9 Å². The van der Waals surface area contributed by atoms with Crippen molar-refractivity contribution in [2.45, 2.75) is 13.5 Å². The summed E-state index contributed by atoms with van der Waals surface area (Å²) in [6.07, 6.45) is 0. The lowest BCUT2D eigenvalue weighted by molar-refractivity contribution is -0.385. The molecule has 2 aromatic carbocycles. The largest absolute Gasteiger partial charge is 0.489 e. The van der Waals surface area contributed by atoms with Crippen LogP contribution < -0.4 is 4.74 Å². The van der Waals surface area contributed by atoms with Gasteiger partial charge in [0, 0.05) is 12.1 Å². The van der Waals surface area contributed by atoms with Crippen LogP contribution in [0.25, 0.3) is 0 Å². The number of rotatable bonds is 4. The molecule has 0 aliphatic carbocycles. The average molecular weight is 340 g/mol. The molecule has 0 unspecified atom stereocenters. The van der Waals surface area contributed by atoms with Gasteiger partial charge in [-0.05, 0) is 46.1 Å². The van der Waals surface area contributed by atoms with Crippen molar-refractivity contribution in [3.05, 3.63) is 67.9 Å². The maximum Gasteiger partial charge on any atom is 0.283 e. The Balaban J connectivity index is 2.17. The van der Waals surface area contributed by atoms with Crippen LogP contribution in [0.5, 0.6) is 5.75 Å². The van der Waals surface area contributed by atoms with Crippen molar-refractivity contribution < 1.29 is 14.1 Å². The van der Waals surface area contributed by atoms with E-state index in [1.807, 2.05) is 0 Å². The Morgan fingerprint density at radius 1 is 1.30 bits per heavy atom. The molecular formula is C14H11BrFNO3. The summed E-state index contributed by atoms with van der Waals surface area (Å²) in [6.45, 7) is 1.94. The lowest BCUT2D eigenvalue weighted by Crippen LogP contribution is -1.99. The van der Waals surface area contributed by atoms with Crippen molar-refractivity contribution in [1.82, 2.24) is 0 Å².